The van der Waals surface area contributed by atoms with Gasteiger partial charge in [0, 0.05) is 10.6 Å². The molecular formula is C20H17N3O4S. The minimum atomic E-state index is -1.05. The first-order valence-electron chi connectivity index (χ1n) is 8.50. The van der Waals surface area contributed by atoms with Gasteiger partial charge in [0.15, 0.2) is 6.10 Å². The fourth-order valence-corrected chi connectivity index (χ4v) is 3.59. The van der Waals surface area contributed by atoms with Crippen LogP contribution in [0.5, 0.6) is 0 Å². The molecule has 2 aromatic rings. The van der Waals surface area contributed by atoms with Crippen molar-refractivity contribution in [3.63, 3.8) is 0 Å². The Bertz CT molecular complexity index is 970. The molecule has 0 radical (unpaired) electrons. The molecule has 8 heteroatoms. The highest BCUT2D eigenvalue weighted by molar-refractivity contribution is 8.00. The molecule has 0 spiro atoms. The van der Waals surface area contributed by atoms with E-state index in [1.54, 1.807) is 30.3 Å². The van der Waals surface area contributed by atoms with Crippen LogP contribution in [0.3, 0.4) is 0 Å². The third-order valence-corrected chi connectivity index (χ3v) is 5.08. The normalized spacial score (nSPS) is 13.9. The van der Waals surface area contributed by atoms with E-state index in [9.17, 15) is 14.4 Å². The molecular weight excluding hydrogens is 378 g/mol. The molecule has 0 saturated carbocycles. The Labute approximate surface area is 166 Å². The second-order valence-electron chi connectivity index (χ2n) is 6.05. The number of nitrogens with zero attached hydrogens (tertiary/aromatic N) is 2. The van der Waals surface area contributed by atoms with Crippen molar-refractivity contribution in [2.24, 2.45) is 0 Å². The van der Waals surface area contributed by atoms with Gasteiger partial charge in [0.25, 0.3) is 5.91 Å². The van der Waals surface area contributed by atoms with E-state index in [0.717, 1.165) is 4.90 Å². The summed E-state index contributed by atoms with van der Waals surface area (Å²) in [4.78, 5) is 39.0. The van der Waals surface area contributed by atoms with E-state index >= 15 is 0 Å². The number of para-hydroxylation sites is 1. The van der Waals surface area contributed by atoms with Gasteiger partial charge in [0.1, 0.15) is 6.54 Å². The number of nitriles is 1. The summed E-state index contributed by atoms with van der Waals surface area (Å²) in [5.74, 6) is -1.14. The Balaban J connectivity index is 1.60. The fourth-order valence-electron chi connectivity index (χ4n) is 2.65. The van der Waals surface area contributed by atoms with Gasteiger partial charge in [-0.1, -0.05) is 18.2 Å². The molecule has 2 amide bonds. The van der Waals surface area contributed by atoms with Crippen molar-refractivity contribution in [2.75, 3.05) is 22.5 Å². The van der Waals surface area contributed by atoms with Gasteiger partial charge in [0.05, 0.1) is 23.1 Å². The Kier molecular flexibility index (Phi) is 5.96. The Morgan fingerprint density at radius 3 is 2.86 bits per heavy atom. The average Bonchev–Trinajstić information content (AvgIpc) is 2.70. The minimum absolute atomic E-state index is 0.189. The summed E-state index contributed by atoms with van der Waals surface area (Å²) >= 11 is 1.42. The van der Waals surface area contributed by atoms with Crippen molar-refractivity contribution in [3.05, 3.63) is 54.1 Å². The molecule has 0 bridgehead atoms. The zero-order valence-corrected chi connectivity index (χ0v) is 15.9. The molecule has 28 heavy (non-hydrogen) atoms. The molecule has 7 nitrogen and oxygen atoms in total. The Morgan fingerprint density at radius 2 is 2.07 bits per heavy atom. The number of rotatable bonds is 5. The predicted octanol–water partition coefficient (Wildman–Crippen LogP) is 2.57. The van der Waals surface area contributed by atoms with Gasteiger partial charge in [-0.3, -0.25) is 19.3 Å². The maximum Gasteiger partial charge on any atom is 0.326 e. The van der Waals surface area contributed by atoms with Crippen LogP contribution in [-0.2, 0) is 19.1 Å². The van der Waals surface area contributed by atoms with Crippen LogP contribution in [0.2, 0.25) is 0 Å². The molecule has 0 aliphatic carbocycles. The van der Waals surface area contributed by atoms with Crippen LogP contribution in [0.1, 0.15) is 12.5 Å². The highest BCUT2D eigenvalue weighted by Crippen LogP contribution is 2.34. The maximum atomic E-state index is 12.3. The van der Waals surface area contributed by atoms with Crippen LogP contribution in [0.25, 0.3) is 0 Å². The Hall–Kier alpha value is -3.31. The monoisotopic (exact) mass is 395 g/mol. The van der Waals surface area contributed by atoms with Crippen LogP contribution < -0.4 is 10.2 Å². The Morgan fingerprint density at radius 1 is 1.29 bits per heavy atom. The van der Waals surface area contributed by atoms with E-state index in [-0.39, 0.29) is 18.2 Å². The number of fused-ring (bicyclic) bond motifs is 1. The molecule has 2 aromatic carbocycles. The zero-order chi connectivity index (χ0) is 20.1. The van der Waals surface area contributed by atoms with Crippen LogP contribution in [0.4, 0.5) is 11.4 Å². The van der Waals surface area contributed by atoms with Crippen molar-refractivity contribution in [1.29, 1.82) is 5.26 Å². The van der Waals surface area contributed by atoms with E-state index in [1.165, 1.54) is 29.7 Å². The largest absolute Gasteiger partial charge is 0.451 e. The van der Waals surface area contributed by atoms with Crippen molar-refractivity contribution < 1.29 is 19.1 Å². The third-order valence-electron chi connectivity index (χ3n) is 4.03. The number of carbonyl (C=O) groups excluding carboxylic acids is 3. The van der Waals surface area contributed by atoms with E-state index in [0.29, 0.717) is 16.9 Å². The highest BCUT2D eigenvalue weighted by atomic mass is 32.2. The van der Waals surface area contributed by atoms with Gasteiger partial charge in [-0.15, -0.1) is 11.8 Å². The molecule has 1 N–H and O–H groups in total. The number of thioether (sulfide) groups is 1. The summed E-state index contributed by atoms with van der Waals surface area (Å²) in [6.07, 6.45) is -1.05. The number of hydrogen-bond donors (Lipinski definition) is 1. The molecule has 1 aliphatic heterocycles. The van der Waals surface area contributed by atoms with E-state index in [1.807, 2.05) is 18.2 Å². The first-order chi connectivity index (χ1) is 13.5. The summed E-state index contributed by atoms with van der Waals surface area (Å²) in [5, 5.41) is 11.5. The van der Waals surface area contributed by atoms with Crippen molar-refractivity contribution in [1.82, 2.24) is 0 Å². The van der Waals surface area contributed by atoms with Gasteiger partial charge in [-0.25, -0.2) is 0 Å². The molecule has 1 aliphatic rings. The summed E-state index contributed by atoms with van der Waals surface area (Å²) in [6, 6.07) is 15.7. The van der Waals surface area contributed by atoms with Gasteiger partial charge < -0.3 is 10.1 Å². The van der Waals surface area contributed by atoms with Crippen LogP contribution in [0.15, 0.2) is 53.4 Å². The number of carbonyl (C=O) groups is 3. The molecule has 1 atom stereocenters. The summed E-state index contributed by atoms with van der Waals surface area (Å²) < 4.78 is 5.19. The number of esters is 1. The second kappa shape index (κ2) is 8.59. The lowest BCUT2D eigenvalue weighted by Gasteiger charge is -2.28. The summed E-state index contributed by atoms with van der Waals surface area (Å²) in [5.41, 5.74) is 1.50. The van der Waals surface area contributed by atoms with Gasteiger partial charge in [-0.2, -0.15) is 5.26 Å². The number of hydrogen-bond acceptors (Lipinski definition) is 6. The summed E-state index contributed by atoms with van der Waals surface area (Å²) in [7, 11) is 0. The van der Waals surface area contributed by atoms with E-state index in [2.05, 4.69) is 5.32 Å². The van der Waals surface area contributed by atoms with Crippen LogP contribution in [-0.4, -0.2) is 36.2 Å². The molecule has 1 heterocycles. The van der Waals surface area contributed by atoms with Crippen LogP contribution in [0, 0.1) is 11.3 Å². The number of anilines is 2. The predicted molar refractivity (Wildman–Crippen MR) is 105 cm³/mol. The topological polar surface area (TPSA) is 99.5 Å². The quantitative estimate of drug-likeness (QED) is 0.781. The fraction of sp³-hybridized carbons (Fsp3) is 0.200. The first kappa shape index (κ1) is 19.5. The molecule has 142 valence electrons. The molecule has 0 aromatic heterocycles. The number of amides is 2. The smallest absolute Gasteiger partial charge is 0.326 e. The minimum Gasteiger partial charge on any atom is -0.451 e. The van der Waals surface area contributed by atoms with Crippen molar-refractivity contribution in [3.8, 4) is 6.07 Å². The number of nitrogens with one attached hydrogen (secondary N) is 1. The SMILES string of the molecule is C[C@H](OC(=O)CN1C(=O)CSc2ccccc21)C(=O)Nc1cccc(C#N)c1. The van der Waals surface area contributed by atoms with Crippen molar-refractivity contribution >= 4 is 40.9 Å². The van der Waals surface area contributed by atoms with Crippen molar-refractivity contribution in [2.45, 2.75) is 17.9 Å². The van der Waals surface area contributed by atoms with E-state index < -0.39 is 18.0 Å². The molecule has 0 fully saturated rings. The van der Waals surface area contributed by atoms with Gasteiger partial charge in [-0.05, 0) is 37.3 Å². The van der Waals surface area contributed by atoms with Gasteiger partial charge in [0.2, 0.25) is 5.91 Å². The highest BCUT2D eigenvalue weighted by Gasteiger charge is 2.28. The second-order valence-corrected chi connectivity index (χ2v) is 7.07. The summed E-state index contributed by atoms with van der Waals surface area (Å²) in [6.45, 7) is 1.18. The average molecular weight is 395 g/mol. The number of ether oxygens (including phenoxy) is 1. The lowest BCUT2D eigenvalue weighted by Crippen LogP contribution is -2.41. The molecule has 3 rings (SSSR count). The first-order valence-corrected chi connectivity index (χ1v) is 9.49. The standard InChI is InChI=1S/C20H17N3O4S/c1-13(20(26)22-15-6-4-5-14(9-15)10-21)27-19(25)11-23-16-7-2-3-8-17(16)28-12-18(23)24/h2-9,13H,11-12H2,1H3,(H,22,26)/t13-/m0/s1. The lowest BCUT2D eigenvalue weighted by atomic mass is 10.2. The molecule has 0 saturated heterocycles. The number of benzene rings is 2. The lowest BCUT2D eigenvalue weighted by molar-refractivity contribution is -0.152. The maximum absolute atomic E-state index is 12.3. The van der Waals surface area contributed by atoms with E-state index in [4.69, 9.17) is 10.00 Å². The zero-order valence-electron chi connectivity index (χ0n) is 15.0. The third kappa shape index (κ3) is 4.50. The molecule has 0 unspecified atom stereocenters. The van der Waals surface area contributed by atoms with Crippen LogP contribution >= 0.6 is 11.8 Å². The van der Waals surface area contributed by atoms with Gasteiger partial charge >= 0.3 is 5.97 Å².